The number of fused-ring (bicyclic) bond motifs is 2. The molecule has 2 N–H and O–H groups in total. The van der Waals surface area contributed by atoms with Crippen LogP contribution in [-0.2, 0) is 10.0 Å². The summed E-state index contributed by atoms with van der Waals surface area (Å²) in [5.74, 6) is 0.767. The number of nitrogens with two attached hydrogens (primary N) is 1. The molecular formula is C26H19NO4S2. The van der Waals surface area contributed by atoms with Crippen molar-refractivity contribution in [3.8, 4) is 27.3 Å². The number of benzene rings is 4. The van der Waals surface area contributed by atoms with Gasteiger partial charge in [-0.1, -0.05) is 42.5 Å². The fourth-order valence-electron chi connectivity index (χ4n) is 3.91. The smallest absolute Gasteiger partial charge is 0.238 e. The van der Waals surface area contributed by atoms with Gasteiger partial charge in [0, 0.05) is 20.5 Å². The van der Waals surface area contributed by atoms with Crippen molar-refractivity contribution in [1.29, 1.82) is 0 Å². The van der Waals surface area contributed by atoms with Gasteiger partial charge >= 0.3 is 0 Å². The van der Waals surface area contributed by atoms with E-state index in [2.05, 4.69) is 0 Å². The van der Waals surface area contributed by atoms with E-state index in [1.54, 1.807) is 19.2 Å². The molecule has 0 atom stereocenters. The Hall–Kier alpha value is -3.52. The quantitative estimate of drug-likeness (QED) is 0.378. The molecule has 0 unspecified atom stereocenters. The molecule has 33 heavy (non-hydrogen) atoms. The highest BCUT2D eigenvalue weighted by Gasteiger charge is 2.17. The lowest BCUT2D eigenvalue weighted by Gasteiger charge is -2.12. The Morgan fingerprint density at radius 1 is 0.818 bits per heavy atom. The molecule has 0 aliphatic carbocycles. The number of hydrogen-bond acceptors (Lipinski definition) is 5. The second-order valence-corrected chi connectivity index (χ2v) is 10.2. The SMILES string of the molecule is COc1ccc2cc(-c3c(-c4ccc(S(N)(=O)=O)cc4)sc4ccccc4c3=O)ccc2c1. The normalized spacial score (nSPS) is 11.7. The van der Waals surface area contributed by atoms with E-state index in [4.69, 9.17) is 9.88 Å². The van der Waals surface area contributed by atoms with Crippen molar-refractivity contribution in [2.24, 2.45) is 5.14 Å². The van der Waals surface area contributed by atoms with Crippen LogP contribution < -0.4 is 15.3 Å². The van der Waals surface area contributed by atoms with Gasteiger partial charge in [0.25, 0.3) is 0 Å². The molecule has 0 spiro atoms. The van der Waals surface area contributed by atoms with Crippen molar-refractivity contribution in [2.75, 3.05) is 7.11 Å². The van der Waals surface area contributed by atoms with E-state index in [0.717, 1.165) is 37.2 Å². The number of methoxy groups -OCH3 is 1. The average molecular weight is 474 g/mol. The Kier molecular flexibility index (Phi) is 5.25. The Morgan fingerprint density at radius 2 is 1.48 bits per heavy atom. The maximum Gasteiger partial charge on any atom is 0.238 e. The lowest BCUT2D eigenvalue weighted by molar-refractivity contribution is 0.415. The fraction of sp³-hybridized carbons (Fsp3) is 0.0385. The summed E-state index contributed by atoms with van der Waals surface area (Å²) >= 11 is 1.50. The van der Waals surface area contributed by atoms with Gasteiger partial charge in [0.2, 0.25) is 10.0 Å². The first-order valence-corrected chi connectivity index (χ1v) is 12.5. The van der Waals surface area contributed by atoms with Crippen LogP contribution in [0.2, 0.25) is 0 Å². The summed E-state index contributed by atoms with van der Waals surface area (Å²) in [6.45, 7) is 0. The third-order valence-electron chi connectivity index (χ3n) is 5.58. The maximum absolute atomic E-state index is 13.7. The van der Waals surface area contributed by atoms with Crippen molar-refractivity contribution >= 4 is 42.2 Å². The molecule has 0 bridgehead atoms. The third kappa shape index (κ3) is 3.91. The molecule has 0 saturated carbocycles. The molecular weight excluding hydrogens is 454 g/mol. The molecule has 0 aliphatic rings. The molecule has 1 heterocycles. The summed E-state index contributed by atoms with van der Waals surface area (Å²) in [6, 6.07) is 25.5. The number of hydrogen-bond donors (Lipinski definition) is 1. The predicted molar refractivity (Wildman–Crippen MR) is 134 cm³/mol. The zero-order chi connectivity index (χ0) is 23.2. The number of sulfonamides is 1. The second kappa shape index (κ2) is 8.12. The monoisotopic (exact) mass is 473 g/mol. The maximum atomic E-state index is 13.7. The van der Waals surface area contributed by atoms with E-state index < -0.39 is 10.0 Å². The average Bonchev–Trinajstić information content (AvgIpc) is 2.83. The number of ether oxygens (including phenoxy) is 1. The Balaban J connectivity index is 1.78. The summed E-state index contributed by atoms with van der Waals surface area (Å²) in [4.78, 5) is 14.5. The minimum atomic E-state index is -3.81. The molecule has 1 aromatic heterocycles. The van der Waals surface area contributed by atoms with Crippen LogP contribution in [0.4, 0.5) is 0 Å². The minimum Gasteiger partial charge on any atom is -0.497 e. The third-order valence-corrected chi connectivity index (χ3v) is 7.73. The van der Waals surface area contributed by atoms with E-state index in [1.165, 1.54) is 23.5 Å². The minimum absolute atomic E-state index is 0.0283. The number of rotatable bonds is 4. The summed E-state index contributed by atoms with van der Waals surface area (Å²) in [7, 11) is -2.18. The largest absolute Gasteiger partial charge is 0.497 e. The molecule has 0 amide bonds. The molecule has 0 fully saturated rings. The van der Waals surface area contributed by atoms with Crippen molar-refractivity contribution in [2.45, 2.75) is 4.90 Å². The topological polar surface area (TPSA) is 86.5 Å². The molecule has 5 rings (SSSR count). The van der Waals surface area contributed by atoms with E-state index in [9.17, 15) is 13.2 Å². The predicted octanol–water partition coefficient (Wildman–Crippen LogP) is 5.40. The van der Waals surface area contributed by atoms with Crippen LogP contribution in [0.15, 0.2) is 94.6 Å². The summed E-state index contributed by atoms with van der Waals surface area (Å²) in [5.41, 5.74) is 2.06. The van der Waals surface area contributed by atoms with E-state index in [1.807, 2.05) is 60.7 Å². The van der Waals surface area contributed by atoms with E-state index >= 15 is 0 Å². The van der Waals surface area contributed by atoms with Crippen LogP contribution in [0.3, 0.4) is 0 Å². The lowest BCUT2D eigenvalue weighted by Crippen LogP contribution is -2.11. The Bertz CT molecular complexity index is 1690. The molecule has 4 aromatic carbocycles. The molecule has 5 aromatic rings. The number of primary sulfonamides is 1. The zero-order valence-corrected chi connectivity index (χ0v) is 19.2. The highest BCUT2D eigenvalue weighted by atomic mass is 32.2. The van der Waals surface area contributed by atoms with Gasteiger partial charge in [0.05, 0.1) is 12.0 Å². The molecule has 5 nitrogen and oxygen atoms in total. The first-order chi connectivity index (χ1) is 15.8. The molecule has 164 valence electrons. The molecule has 0 radical (unpaired) electrons. The standard InChI is InChI=1S/C26H19NO4S2/c1-31-20-11-8-17-14-19(7-6-18(17)15-20)24-25(28)22-4-2-3-5-23(22)32-26(24)16-9-12-21(13-10-16)33(27,29)30/h2-15H,1H3,(H2,27,29,30). The second-order valence-electron chi connectivity index (χ2n) is 7.63. The van der Waals surface area contributed by atoms with Crippen molar-refractivity contribution in [3.05, 3.63) is 95.2 Å². The van der Waals surface area contributed by atoms with Crippen molar-refractivity contribution in [1.82, 2.24) is 0 Å². The zero-order valence-electron chi connectivity index (χ0n) is 17.6. The van der Waals surface area contributed by atoms with Crippen LogP contribution in [-0.4, -0.2) is 15.5 Å². The summed E-state index contributed by atoms with van der Waals surface area (Å²) in [6.07, 6.45) is 0. The van der Waals surface area contributed by atoms with E-state index in [-0.39, 0.29) is 10.3 Å². The van der Waals surface area contributed by atoms with Crippen LogP contribution in [0.1, 0.15) is 0 Å². The Labute approximate surface area is 194 Å². The first kappa shape index (κ1) is 21.3. The van der Waals surface area contributed by atoms with Crippen molar-refractivity contribution in [3.63, 3.8) is 0 Å². The van der Waals surface area contributed by atoms with Crippen molar-refractivity contribution < 1.29 is 13.2 Å². The molecule has 0 saturated heterocycles. The summed E-state index contributed by atoms with van der Waals surface area (Å²) < 4.78 is 29.6. The molecule has 7 heteroatoms. The fourth-order valence-corrected chi connectivity index (χ4v) is 5.63. The highest BCUT2D eigenvalue weighted by molar-refractivity contribution is 7.89. The highest BCUT2D eigenvalue weighted by Crippen LogP contribution is 2.38. The molecule has 0 aliphatic heterocycles. The van der Waals surface area contributed by atoms with Gasteiger partial charge in [-0.25, -0.2) is 13.6 Å². The van der Waals surface area contributed by atoms with Gasteiger partial charge in [0.15, 0.2) is 5.43 Å². The van der Waals surface area contributed by atoms with Crippen LogP contribution in [0.25, 0.3) is 42.4 Å². The van der Waals surface area contributed by atoms with Crippen LogP contribution in [0.5, 0.6) is 5.75 Å². The van der Waals surface area contributed by atoms with Gasteiger partial charge in [-0.3, -0.25) is 4.79 Å². The van der Waals surface area contributed by atoms with Crippen LogP contribution >= 0.6 is 11.3 Å². The van der Waals surface area contributed by atoms with Crippen LogP contribution in [0, 0.1) is 0 Å². The van der Waals surface area contributed by atoms with Gasteiger partial charge in [-0.15, -0.1) is 11.3 Å². The van der Waals surface area contributed by atoms with Gasteiger partial charge in [0.1, 0.15) is 5.75 Å². The van der Waals surface area contributed by atoms with Gasteiger partial charge < -0.3 is 4.74 Å². The summed E-state index contributed by atoms with van der Waals surface area (Å²) in [5, 5.41) is 7.90. The van der Waals surface area contributed by atoms with Gasteiger partial charge in [-0.05, 0) is 64.4 Å². The van der Waals surface area contributed by atoms with E-state index in [0.29, 0.717) is 10.9 Å². The Morgan fingerprint density at radius 3 is 2.21 bits per heavy atom. The lowest BCUT2D eigenvalue weighted by atomic mass is 9.97. The van der Waals surface area contributed by atoms with Gasteiger partial charge in [-0.2, -0.15) is 0 Å². The first-order valence-electron chi connectivity index (χ1n) is 10.1.